The van der Waals surface area contributed by atoms with Crippen LogP contribution in [-0.4, -0.2) is 22.5 Å². The van der Waals surface area contributed by atoms with E-state index in [2.05, 4.69) is 10.3 Å². The molecule has 0 radical (unpaired) electrons. The Morgan fingerprint density at radius 2 is 1.79 bits per heavy atom. The molecule has 6 nitrogen and oxygen atoms in total. The summed E-state index contributed by atoms with van der Waals surface area (Å²) in [5, 5.41) is 2.64. The number of hydrogen-bond acceptors (Lipinski definition) is 4. The number of nitrogens with one attached hydrogen (secondary N) is 1. The zero-order valence-electron chi connectivity index (χ0n) is 14.1. The molecule has 1 aromatic carbocycles. The van der Waals surface area contributed by atoms with Crippen molar-refractivity contribution in [3.05, 3.63) is 47.8 Å². The van der Waals surface area contributed by atoms with Crippen LogP contribution in [0.5, 0.6) is 11.5 Å². The minimum atomic E-state index is -0.929. The molecule has 1 N–H and O–H groups in total. The normalized spacial score (nSPS) is 16.2. The topological polar surface area (TPSA) is 71.5 Å². The molecule has 0 atom stereocenters. The van der Waals surface area contributed by atoms with E-state index in [-0.39, 0.29) is 5.91 Å². The van der Waals surface area contributed by atoms with Crippen LogP contribution in [0.3, 0.4) is 0 Å². The molecule has 1 aliphatic rings. The Labute approximate surface area is 140 Å². The van der Waals surface area contributed by atoms with Crippen LogP contribution >= 0.6 is 0 Å². The van der Waals surface area contributed by atoms with Gasteiger partial charge in [0.2, 0.25) is 0 Å². The van der Waals surface area contributed by atoms with Gasteiger partial charge >= 0.3 is 6.03 Å². The summed E-state index contributed by atoms with van der Waals surface area (Å²) in [6, 6.07) is 6.93. The molecule has 3 amide bonds. The molecule has 3 rings (SSSR count). The summed E-state index contributed by atoms with van der Waals surface area (Å²) in [6.45, 7) is 7.36. The van der Waals surface area contributed by atoms with Gasteiger partial charge in [0.15, 0.2) is 0 Å². The van der Waals surface area contributed by atoms with E-state index in [1.807, 2.05) is 32.0 Å². The zero-order chi connectivity index (χ0) is 17.5. The number of pyridine rings is 1. The van der Waals surface area contributed by atoms with Gasteiger partial charge in [-0.3, -0.25) is 9.78 Å². The van der Waals surface area contributed by atoms with Crippen LogP contribution < -0.4 is 15.0 Å². The highest BCUT2D eigenvalue weighted by atomic mass is 16.5. The average molecular weight is 325 g/mol. The van der Waals surface area contributed by atoms with Gasteiger partial charge in [-0.05, 0) is 51.0 Å². The van der Waals surface area contributed by atoms with Gasteiger partial charge in [0.05, 0.1) is 18.1 Å². The maximum atomic E-state index is 12.4. The lowest BCUT2D eigenvalue weighted by Crippen LogP contribution is -2.40. The fourth-order valence-corrected chi connectivity index (χ4v) is 2.48. The second-order valence-electron chi connectivity index (χ2n) is 6.42. The van der Waals surface area contributed by atoms with Crippen LogP contribution in [0, 0.1) is 13.8 Å². The lowest BCUT2D eigenvalue weighted by Gasteiger charge is -2.16. The number of nitrogens with zero attached hydrogens (tertiary/aromatic N) is 2. The van der Waals surface area contributed by atoms with Crippen LogP contribution in [0.4, 0.5) is 10.5 Å². The summed E-state index contributed by atoms with van der Waals surface area (Å²) in [6.07, 6.45) is 3.01. The molecular weight excluding hydrogens is 306 g/mol. The van der Waals surface area contributed by atoms with Crippen molar-refractivity contribution in [3.63, 3.8) is 0 Å². The number of imide groups is 1. The summed E-state index contributed by atoms with van der Waals surface area (Å²) in [5.74, 6) is 0.813. The number of aromatic nitrogens is 1. The largest absolute Gasteiger partial charge is 0.456 e. The fraction of sp³-hybridized carbons (Fsp3) is 0.278. The Bertz CT molecular complexity index is 830. The summed E-state index contributed by atoms with van der Waals surface area (Å²) in [5.41, 5.74) is 1.75. The Balaban J connectivity index is 1.88. The summed E-state index contributed by atoms with van der Waals surface area (Å²) < 4.78 is 5.80. The molecule has 1 fully saturated rings. The molecule has 0 aliphatic carbocycles. The molecule has 2 heterocycles. The molecule has 0 saturated carbocycles. The third-order valence-corrected chi connectivity index (χ3v) is 4.03. The van der Waals surface area contributed by atoms with E-state index in [1.165, 1.54) is 11.8 Å². The Morgan fingerprint density at radius 3 is 2.42 bits per heavy atom. The van der Waals surface area contributed by atoms with E-state index in [1.54, 1.807) is 26.1 Å². The maximum Gasteiger partial charge on any atom is 0.329 e. The van der Waals surface area contributed by atoms with Crippen molar-refractivity contribution in [2.75, 3.05) is 4.90 Å². The van der Waals surface area contributed by atoms with Gasteiger partial charge in [-0.25, -0.2) is 9.69 Å². The quantitative estimate of drug-likeness (QED) is 0.879. The number of ether oxygens (including phenoxy) is 1. The van der Waals surface area contributed by atoms with E-state index in [4.69, 9.17) is 4.74 Å². The molecule has 0 unspecified atom stereocenters. The van der Waals surface area contributed by atoms with Crippen molar-refractivity contribution < 1.29 is 14.3 Å². The number of carbonyl (C=O) groups is 2. The number of benzene rings is 1. The van der Waals surface area contributed by atoms with Gasteiger partial charge in [-0.2, -0.15) is 0 Å². The number of amides is 3. The molecule has 6 heteroatoms. The molecule has 0 spiro atoms. The number of anilines is 1. The first-order valence-electron chi connectivity index (χ1n) is 7.65. The summed E-state index contributed by atoms with van der Waals surface area (Å²) in [7, 11) is 0. The van der Waals surface area contributed by atoms with Gasteiger partial charge in [0, 0.05) is 6.07 Å². The second kappa shape index (κ2) is 5.63. The van der Waals surface area contributed by atoms with Crippen molar-refractivity contribution in [1.82, 2.24) is 10.3 Å². The van der Waals surface area contributed by atoms with Crippen molar-refractivity contribution in [2.45, 2.75) is 33.2 Å². The van der Waals surface area contributed by atoms with Crippen molar-refractivity contribution in [1.29, 1.82) is 0 Å². The fourth-order valence-electron chi connectivity index (χ4n) is 2.48. The van der Waals surface area contributed by atoms with Crippen LogP contribution in [0.1, 0.15) is 25.0 Å². The zero-order valence-corrected chi connectivity index (χ0v) is 14.1. The first kappa shape index (κ1) is 16.0. The van der Waals surface area contributed by atoms with Gasteiger partial charge < -0.3 is 10.1 Å². The number of hydrogen-bond donors (Lipinski definition) is 1. The predicted molar refractivity (Wildman–Crippen MR) is 90.3 cm³/mol. The Morgan fingerprint density at radius 1 is 1.04 bits per heavy atom. The van der Waals surface area contributed by atoms with Crippen molar-refractivity contribution in [3.8, 4) is 11.5 Å². The predicted octanol–water partition coefficient (Wildman–Crippen LogP) is 3.33. The van der Waals surface area contributed by atoms with Gasteiger partial charge in [-0.15, -0.1) is 0 Å². The second-order valence-corrected chi connectivity index (χ2v) is 6.42. The monoisotopic (exact) mass is 325 g/mol. The van der Waals surface area contributed by atoms with Crippen molar-refractivity contribution >= 4 is 17.6 Å². The third-order valence-electron chi connectivity index (χ3n) is 4.03. The van der Waals surface area contributed by atoms with E-state index in [9.17, 15) is 9.59 Å². The SMILES string of the molecule is Cc1ccc(Oc2cncc(N3C(=O)NC(C)(C)C3=O)c2)cc1C. The molecule has 124 valence electrons. The molecular formula is C18H19N3O3. The van der Waals surface area contributed by atoms with E-state index in [0.717, 1.165) is 10.5 Å². The van der Waals surface area contributed by atoms with Crippen LogP contribution in [0.15, 0.2) is 36.7 Å². The first-order chi connectivity index (χ1) is 11.3. The Kier molecular flexibility index (Phi) is 3.75. The summed E-state index contributed by atoms with van der Waals surface area (Å²) >= 11 is 0. The van der Waals surface area contributed by atoms with E-state index < -0.39 is 11.6 Å². The minimum Gasteiger partial charge on any atom is -0.456 e. The van der Waals surface area contributed by atoms with Crippen LogP contribution in [0.2, 0.25) is 0 Å². The van der Waals surface area contributed by atoms with E-state index in [0.29, 0.717) is 17.2 Å². The van der Waals surface area contributed by atoms with Gasteiger partial charge in [0.1, 0.15) is 17.0 Å². The number of urea groups is 1. The number of rotatable bonds is 3. The smallest absolute Gasteiger partial charge is 0.329 e. The van der Waals surface area contributed by atoms with Gasteiger partial charge in [-0.1, -0.05) is 6.07 Å². The lowest BCUT2D eigenvalue weighted by atomic mass is 10.1. The lowest BCUT2D eigenvalue weighted by molar-refractivity contribution is -0.121. The number of aryl methyl sites for hydroxylation is 2. The highest BCUT2D eigenvalue weighted by Crippen LogP contribution is 2.29. The molecule has 24 heavy (non-hydrogen) atoms. The van der Waals surface area contributed by atoms with Gasteiger partial charge in [0.25, 0.3) is 5.91 Å². The molecule has 2 aromatic rings. The molecule has 0 bridgehead atoms. The Hall–Kier alpha value is -2.89. The first-order valence-corrected chi connectivity index (χ1v) is 7.65. The van der Waals surface area contributed by atoms with E-state index >= 15 is 0 Å². The molecule has 1 saturated heterocycles. The maximum absolute atomic E-state index is 12.4. The highest BCUT2D eigenvalue weighted by Gasteiger charge is 2.45. The highest BCUT2D eigenvalue weighted by molar-refractivity contribution is 6.23. The third kappa shape index (κ3) is 2.82. The molecule has 1 aromatic heterocycles. The minimum absolute atomic E-state index is 0.322. The number of carbonyl (C=O) groups excluding carboxylic acids is 2. The average Bonchev–Trinajstić information content (AvgIpc) is 2.71. The van der Waals surface area contributed by atoms with Crippen molar-refractivity contribution in [2.24, 2.45) is 0 Å². The standard InChI is InChI=1S/C18H19N3O3/c1-11-5-6-14(7-12(11)2)24-15-8-13(9-19-10-15)21-16(22)18(3,4)20-17(21)23/h5-10H,1-4H3,(H,20,23). The van der Waals surface area contributed by atoms with Crippen LogP contribution in [-0.2, 0) is 4.79 Å². The van der Waals surface area contributed by atoms with Crippen LogP contribution in [0.25, 0.3) is 0 Å². The molecule has 1 aliphatic heterocycles. The summed E-state index contributed by atoms with van der Waals surface area (Å²) in [4.78, 5) is 29.6.